The van der Waals surface area contributed by atoms with Crippen LogP contribution >= 0.6 is 11.3 Å². The lowest BCUT2D eigenvalue weighted by molar-refractivity contribution is 0.632. The minimum absolute atomic E-state index is 0.0556. The minimum Gasteiger partial charge on any atom is -0.369 e. The normalized spacial score (nSPS) is 13.2. The molecule has 106 valence electrons. The van der Waals surface area contributed by atoms with Gasteiger partial charge in [-0.15, -0.1) is 11.3 Å². The molecular formula is C13H18N6S. The molecule has 1 unspecified atom stereocenters. The zero-order valence-electron chi connectivity index (χ0n) is 12.1. The van der Waals surface area contributed by atoms with Gasteiger partial charge in [0.1, 0.15) is 10.5 Å². The molecule has 0 saturated heterocycles. The lowest BCUT2D eigenvalue weighted by Crippen LogP contribution is -2.12. The highest BCUT2D eigenvalue weighted by Crippen LogP contribution is 2.30. The predicted molar refractivity (Wildman–Crippen MR) is 81.0 cm³/mol. The van der Waals surface area contributed by atoms with Crippen molar-refractivity contribution < 1.29 is 0 Å². The average molecular weight is 290 g/mol. The first-order chi connectivity index (χ1) is 9.52. The first-order valence-electron chi connectivity index (χ1n) is 6.64. The average Bonchev–Trinajstić information content (AvgIpc) is 3.07. The third-order valence-electron chi connectivity index (χ3n) is 3.53. The van der Waals surface area contributed by atoms with Crippen LogP contribution in [0.5, 0.6) is 0 Å². The molecule has 1 atom stereocenters. The number of rotatable bonds is 3. The Morgan fingerprint density at radius 2 is 2.20 bits per heavy atom. The summed E-state index contributed by atoms with van der Waals surface area (Å²) < 4.78 is 3.84. The third-order valence-corrected chi connectivity index (χ3v) is 4.84. The Balaban J connectivity index is 2.15. The molecule has 0 aliphatic heterocycles. The maximum absolute atomic E-state index is 6.10. The smallest absolute Gasteiger partial charge is 0.203 e. The van der Waals surface area contributed by atoms with Gasteiger partial charge in [-0.25, -0.2) is 9.97 Å². The van der Waals surface area contributed by atoms with Crippen molar-refractivity contribution in [2.45, 2.75) is 33.2 Å². The van der Waals surface area contributed by atoms with Crippen LogP contribution in [0.4, 0.5) is 5.95 Å². The van der Waals surface area contributed by atoms with Crippen molar-refractivity contribution in [2.24, 2.45) is 7.05 Å². The van der Waals surface area contributed by atoms with Gasteiger partial charge in [-0.3, -0.25) is 9.25 Å². The molecule has 0 aromatic carbocycles. The quantitative estimate of drug-likeness (QED) is 0.803. The number of nitrogens with two attached hydrogens (primary N) is 1. The van der Waals surface area contributed by atoms with Crippen LogP contribution in [0.15, 0.2) is 6.20 Å². The Kier molecular flexibility index (Phi) is 3.01. The second-order valence-corrected chi connectivity index (χ2v) is 6.06. The van der Waals surface area contributed by atoms with E-state index in [2.05, 4.69) is 28.9 Å². The van der Waals surface area contributed by atoms with E-state index in [4.69, 9.17) is 5.73 Å². The molecule has 0 aliphatic carbocycles. The minimum atomic E-state index is 0.0556. The van der Waals surface area contributed by atoms with Gasteiger partial charge in [0.2, 0.25) is 5.95 Å². The number of hydrogen-bond acceptors (Lipinski definition) is 5. The van der Waals surface area contributed by atoms with Crippen molar-refractivity contribution in [3.63, 3.8) is 0 Å². The zero-order chi connectivity index (χ0) is 14.4. The van der Waals surface area contributed by atoms with Crippen molar-refractivity contribution in [1.29, 1.82) is 0 Å². The predicted octanol–water partition coefficient (Wildman–Crippen LogP) is 2.29. The second kappa shape index (κ2) is 4.59. The third kappa shape index (κ3) is 1.81. The highest BCUT2D eigenvalue weighted by Gasteiger charge is 2.22. The molecule has 0 fully saturated rings. The Hall–Kier alpha value is -1.89. The molecule has 0 amide bonds. The molecule has 20 heavy (non-hydrogen) atoms. The summed E-state index contributed by atoms with van der Waals surface area (Å²) in [6.07, 6.45) is 2.94. The molecule has 3 heterocycles. The first kappa shape index (κ1) is 13.1. The second-order valence-electron chi connectivity index (χ2n) is 4.92. The lowest BCUT2D eigenvalue weighted by Gasteiger charge is -2.13. The number of aryl methyl sites for hydroxylation is 3. The molecule has 3 rings (SSSR count). The van der Waals surface area contributed by atoms with E-state index in [0.717, 1.165) is 28.3 Å². The molecule has 3 aromatic heterocycles. The summed E-state index contributed by atoms with van der Waals surface area (Å²) in [6.45, 7) is 6.18. The van der Waals surface area contributed by atoms with Gasteiger partial charge in [-0.2, -0.15) is 5.10 Å². The summed E-state index contributed by atoms with van der Waals surface area (Å²) in [6, 6.07) is 0.0556. The molecule has 0 spiro atoms. The lowest BCUT2D eigenvalue weighted by atomic mass is 10.3. The van der Waals surface area contributed by atoms with Crippen LogP contribution in [0.2, 0.25) is 0 Å². The van der Waals surface area contributed by atoms with Crippen molar-refractivity contribution in [1.82, 2.24) is 24.3 Å². The maximum atomic E-state index is 6.10. The van der Waals surface area contributed by atoms with Crippen LogP contribution in [0.3, 0.4) is 0 Å². The van der Waals surface area contributed by atoms with E-state index in [1.54, 1.807) is 11.3 Å². The number of nitrogen functional groups attached to an aromatic ring is 1. The van der Waals surface area contributed by atoms with Crippen LogP contribution in [0.1, 0.15) is 35.5 Å². The van der Waals surface area contributed by atoms with Crippen LogP contribution in [0.25, 0.3) is 11.2 Å². The molecular weight excluding hydrogens is 272 g/mol. The maximum Gasteiger partial charge on any atom is 0.203 e. The van der Waals surface area contributed by atoms with Crippen molar-refractivity contribution in [3.8, 4) is 0 Å². The fraction of sp³-hybridized carbons (Fsp3) is 0.462. The summed E-state index contributed by atoms with van der Waals surface area (Å²) >= 11 is 1.72. The van der Waals surface area contributed by atoms with E-state index in [-0.39, 0.29) is 6.04 Å². The van der Waals surface area contributed by atoms with Gasteiger partial charge in [-0.1, -0.05) is 6.92 Å². The molecule has 0 saturated carbocycles. The SMILES string of the molecule is CCc1cnc(C(C)n2c(N)nc3c(C)nn(C)c32)s1. The number of nitrogens with zero attached hydrogens (tertiary/aromatic N) is 5. The van der Waals surface area contributed by atoms with Crippen LogP contribution in [0, 0.1) is 6.92 Å². The zero-order valence-corrected chi connectivity index (χ0v) is 12.9. The molecule has 2 N–H and O–H groups in total. The van der Waals surface area contributed by atoms with E-state index < -0.39 is 0 Å². The highest BCUT2D eigenvalue weighted by atomic mass is 32.1. The number of anilines is 1. The molecule has 0 radical (unpaired) electrons. The molecule has 3 aromatic rings. The van der Waals surface area contributed by atoms with Crippen LogP contribution in [-0.2, 0) is 13.5 Å². The Morgan fingerprint density at radius 3 is 2.85 bits per heavy atom. The summed E-state index contributed by atoms with van der Waals surface area (Å²) in [4.78, 5) is 10.2. The monoisotopic (exact) mass is 290 g/mol. The van der Waals surface area contributed by atoms with E-state index in [0.29, 0.717) is 5.95 Å². The van der Waals surface area contributed by atoms with E-state index >= 15 is 0 Å². The fourth-order valence-electron chi connectivity index (χ4n) is 2.48. The molecule has 0 bridgehead atoms. The molecule has 0 aliphatic rings. The Bertz CT molecular complexity index is 765. The van der Waals surface area contributed by atoms with E-state index in [1.807, 2.05) is 29.4 Å². The standard InChI is InChI=1S/C13H18N6S/c1-5-9-6-15-11(20-9)8(3)19-12-10(16-13(19)14)7(2)17-18(12)4/h6,8H,5H2,1-4H3,(H2,14,16). The van der Waals surface area contributed by atoms with E-state index in [1.165, 1.54) is 4.88 Å². The number of imidazole rings is 1. The van der Waals surface area contributed by atoms with Crippen molar-refractivity contribution in [3.05, 3.63) is 21.8 Å². The number of hydrogen-bond donors (Lipinski definition) is 1. The summed E-state index contributed by atoms with van der Waals surface area (Å²) in [5.74, 6) is 0.511. The van der Waals surface area contributed by atoms with Crippen LogP contribution < -0.4 is 5.73 Å². The van der Waals surface area contributed by atoms with Crippen LogP contribution in [-0.4, -0.2) is 24.3 Å². The number of thiazole rings is 1. The van der Waals surface area contributed by atoms with Gasteiger partial charge < -0.3 is 5.73 Å². The Labute approximate surface area is 121 Å². The molecule has 7 heteroatoms. The van der Waals surface area contributed by atoms with Gasteiger partial charge in [0.25, 0.3) is 0 Å². The van der Waals surface area contributed by atoms with Gasteiger partial charge >= 0.3 is 0 Å². The number of aromatic nitrogens is 5. The Morgan fingerprint density at radius 1 is 1.45 bits per heavy atom. The van der Waals surface area contributed by atoms with Gasteiger partial charge in [-0.05, 0) is 20.3 Å². The largest absolute Gasteiger partial charge is 0.369 e. The highest BCUT2D eigenvalue weighted by molar-refractivity contribution is 7.11. The van der Waals surface area contributed by atoms with Crippen molar-refractivity contribution >= 4 is 28.4 Å². The van der Waals surface area contributed by atoms with Gasteiger partial charge in [0.15, 0.2) is 5.65 Å². The van der Waals surface area contributed by atoms with Crippen molar-refractivity contribution in [2.75, 3.05) is 5.73 Å². The molecule has 6 nitrogen and oxygen atoms in total. The summed E-state index contributed by atoms with van der Waals surface area (Å²) in [7, 11) is 1.92. The first-order valence-corrected chi connectivity index (χ1v) is 7.46. The summed E-state index contributed by atoms with van der Waals surface area (Å²) in [5, 5.41) is 5.46. The van der Waals surface area contributed by atoms with Gasteiger partial charge in [0, 0.05) is 18.1 Å². The van der Waals surface area contributed by atoms with E-state index in [9.17, 15) is 0 Å². The fourth-order valence-corrected chi connectivity index (χ4v) is 3.38. The topological polar surface area (TPSA) is 74.6 Å². The summed E-state index contributed by atoms with van der Waals surface area (Å²) in [5.41, 5.74) is 8.81. The number of fused-ring (bicyclic) bond motifs is 1. The van der Waals surface area contributed by atoms with Gasteiger partial charge in [0.05, 0.1) is 11.7 Å².